The zero-order valence-corrected chi connectivity index (χ0v) is 4.76. The molecule has 0 unspecified atom stereocenters. The second-order valence-corrected chi connectivity index (χ2v) is 0. The van der Waals surface area contributed by atoms with Crippen molar-refractivity contribution in [1.82, 2.24) is 0 Å². The van der Waals surface area contributed by atoms with Gasteiger partial charge >= 0.3 is 23.1 Å². The smallest absolute Gasteiger partial charge is 0 e. The fourth-order valence-corrected chi connectivity index (χ4v) is 0. The van der Waals surface area contributed by atoms with Gasteiger partial charge in [0.25, 0.3) is 0 Å². The fourth-order valence-electron chi connectivity index (χ4n) is 0. The molecular weight excluding hydrogens is 141 g/mol. The fraction of sp³-hybridized carbons (Fsp3) is 0. The molecule has 0 nitrogen and oxygen atoms in total. The van der Waals surface area contributed by atoms with Crippen molar-refractivity contribution >= 4 is 40.4 Å². The van der Waals surface area contributed by atoms with Gasteiger partial charge in [0.2, 0.25) is 0 Å². The topological polar surface area (TPSA) is 0 Å². The summed E-state index contributed by atoms with van der Waals surface area (Å²) in [6.45, 7) is 0. The van der Waals surface area contributed by atoms with E-state index >= 15 is 0 Å². The van der Waals surface area contributed by atoms with Crippen molar-refractivity contribution in [2.75, 3.05) is 0 Å². The summed E-state index contributed by atoms with van der Waals surface area (Å²) in [5, 5.41) is 0. The van der Waals surface area contributed by atoms with Crippen LogP contribution in [0.25, 0.3) is 0 Å². The van der Waals surface area contributed by atoms with Crippen molar-refractivity contribution in [2.24, 2.45) is 0 Å². The Balaban J connectivity index is 0. The Kier molecular flexibility index (Phi) is 115. The van der Waals surface area contributed by atoms with Gasteiger partial charge in [-0.1, -0.05) is 0 Å². The third-order valence-electron chi connectivity index (χ3n) is 0. The standard InChI is InChI=1S/Al.Mg.2Sc.5H. The van der Waals surface area contributed by atoms with Crippen LogP contribution >= 0.6 is 0 Å². The molecule has 4 heavy (non-hydrogen) atoms. The summed E-state index contributed by atoms with van der Waals surface area (Å²) in [6, 6.07) is 0. The molecule has 2 radical (unpaired) electrons. The molecule has 4 heteroatoms. The van der Waals surface area contributed by atoms with Gasteiger partial charge in [-0.3, -0.25) is 0 Å². The predicted molar refractivity (Wildman–Crippen MR) is 18.5 cm³/mol. The minimum atomic E-state index is 0. The molecule has 16 valence electrons. The Bertz CT molecular complexity index is 6.00. The van der Waals surface area contributed by atoms with Gasteiger partial charge in [-0.25, -0.2) is 0 Å². The van der Waals surface area contributed by atoms with E-state index in [9.17, 15) is 0 Å². The largest absolute Gasteiger partial charge is 0.316 e. The molecule has 0 saturated carbocycles. The van der Waals surface area contributed by atoms with Crippen molar-refractivity contribution in [3.8, 4) is 0 Å². The van der Waals surface area contributed by atoms with Crippen molar-refractivity contribution in [2.45, 2.75) is 0 Å². The first kappa shape index (κ1) is 27.8. The van der Waals surface area contributed by atoms with Crippen LogP contribution in [0.3, 0.4) is 0 Å². The van der Waals surface area contributed by atoms with Crippen LogP contribution in [0, 0.1) is 0 Å². The van der Waals surface area contributed by atoms with E-state index < -0.39 is 0 Å². The van der Waals surface area contributed by atoms with Gasteiger partial charge in [-0.05, 0) is 0 Å². The monoisotopic (exact) mass is 146 g/mol. The van der Waals surface area contributed by atoms with Gasteiger partial charge in [-0.15, -0.1) is 0 Å². The number of hydrogen-bond donors (Lipinski definition) is 0. The molecule has 0 saturated heterocycles. The maximum Gasteiger partial charge on any atom is 0.316 e. The molecule has 0 fully saturated rings. The maximum atomic E-state index is 0. The van der Waals surface area contributed by atoms with E-state index in [0.29, 0.717) is 0 Å². The Labute approximate surface area is 90.3 Å². The molecule has 0 spiro atoms. The second-order valence-electron chi connectivity index (χ2n) is 0. The molecule has 0 N–H and O–H groups in total. The summed E-state index contributed by atoms with van der Waals surface area (Å²) >= 11 is 0. The Morgan fingerprint density at radius 3 is 0.750 bits per heavy atom. The molecule has 0 aromatic carbocycles. The first-order valence-corrected chi connectivity index (χ1v) is 0. The van der Waals surface area contributed by atoms with Crippen LogP contribution in [-0.2, 0) is 51.7 Å². The Morgan fingerprint density at radius 2 is 0.750 bits per heavy atom. The molecule has 0 rings (SSSR count). The molecule has 0 bridgehead atoms. The van der Waals surface area contributed by atoms with Crippen LogP contribution in [0.4, 0.5) is 0 Å². The summed E-state index contributed by atoms with van der Waals surface area (Å²) < 4.78 is 0. The first-order valence-electron chi connectivity index (χ1n) is 0. The Morgan fingerprint density at radius 1 is 0.750 bits per heavy atom. The summed E-state index contributed by atoms with van der Waals surface area (Å²) in [6.07, 6.45) is 0. The Hall–Kier alpha value is 3.04. The third kappa shape index (κ3) is 8.90. The SMILES string of the molecule is [AlH3].[MgH2].[Sc].[Sc]. The molecule has 0 aliphatic heterocycles. The van der Waals surface area contributed by atoms with E-state index in [1.54, 1.807) is 0 Å². The van der Waals surface area contributed by atoms with Crippen LogP contribution in [0.1, 0.15) is 0 Å². The molecular formula is H5AlMgSc2. The van der Waals surface area contributed by atoms with Crippen molar-refractivity contribution < 1.29 is 51.7 Å². The van der Waals surface area contributed by atoms with Crippen molar-refractivity contribution in [1.29, 1.82) is 0 Å². The molecule has 0 aliphatic carbocycles. The van der Waals surface area contributed by atoms with E-state index in [-0.39, 0.29) is 92.1 Å². The predicted octanol–water partition coefficient (Wildman–Crippen LogP) is -2.11. The van der Waals surface area contributed by atoms with Gasteiger partial charge in [0.1, 0.15) is 0 Å². The van der Waals surface area contributed by atoms with Crippen molar-refractivity contribution in [3.05, 3.63) is 0 Å². The molecule has 0 atom stereocenters. The van der Waals surface area contributed by atoms with Gasteiger partial charge < -0.3 is 0 Å². The van der Waals surface area contributed by atoms with E-state index in [1.807, 2.05) is 0 Å². The van der Waals surface area contributed by atoms with Crippen molar-refractivity contribution in [3.63, 3.8) is 0 Å². The van der Waals surface area contributed by atoms with Crippen LogP contribution in [0.15, 0.2) is 0 Å². The van der Waals surface area contributed by atoms with Crippen LogP contribution in [-0.4, -0.2) is 40.4 Å². The summed E-state index contributed by atoms with van der Waals surface area (Å²) in [5.74, 6) is 0. The molecule has 0 aromatic heterocycles. The van der Waals surface area contributed by atoms with Crippen LogP contribution < -0.4 is 0 Å². The van der Waals surface area contributed by atoms with E-state index in [1.165, 1.54) is 0 Å². The van der Waals surface area contributed by atoms with E-state index in [4.69, 9.17) is 0 Å². The minimum absolute atomic E-state index is 0. The zero-order valence-electron chi connectivity index (χ0n) is 1.15. The molecule has 0 heterocycles. The summed E-state index contributed by atoms with van der Waals surface area (Å²) in [5.41, 5.74) is 0. The average Bonchev–Trinajstić information content (AvgIpc) is 0. The van der Waals surface area contributed by atoms with Gasteiger partial charge in [0.15, 0.2) is 17.4 Å². The summed E-state index contributed by atoms with van der Waals surface area (Å²) in [7, 11) is 0. The van der Waals surface area contributed by atoms with Gasteiger partial charge in [-0.2, -0.15) is 0 Å². The third-order valence-corrected chi connectivity index (χ3v) is 0. The van der Waals surface area contributed by atoms with E-state index in [0.717, 1.165) is 0 Å². The second kappa shape index (κ2) is 16.6. The summed E-state index contributed by atoms with van der Waals surface area (Å²) in [4.78, 5) is 0. The van der Waals surface area contributed by atoms with Gasteiger partial charge in [0, 0.05) is 51.7 Å². The first-order chi connectivity index (χ1) is 0. The van der Waals surface area contributed by atoms with Gasteiger partial charge in [0.05, 0.1) is 0 Å². The molecule has 0 aliphatic rings. The number of hydrogen-bond acceptors (Lipinski definition) is 0. The van der Waals surface area contributed by atoms with Crippen LogP contribution in [0.2, 0.25) is 0 Å². The minimum Gasteiger partial charge on any atom is 0 e. The number of rotatable bonds is 0. The maximum absolute atomic E-state index is 0. The molecule has 0 amide bonds. The normalized spacial score (nSPS) is 0. The quantitative estimate of drug-likeness (QED) is 0.343. The average molecular weight is 146 g/mol. The van der Waals surface area contributed by atoms with Crippen LogP contribution in [0.5, 0.6) is 0 Å². The molecule has 0 aromatic rings. The van der Waals surface area contributed by atoms with E-state index in [2.05, 4.69) is 0 Å². The zero-order chi connectivity index (χ0) is 0.